The van der Waals surface area contributed by atoms with Gasteiger partial charge in [0.1, 0.15) is 5.75 Å². The molecule has 136 valence electrons. The Morgan fingerprint density at radius 3 is 2.46 bits per heavy atom. The fourth-order valence-electron chi connectivity index (χ4n) is 2.40. The zero-order valence-corrected chi connectivity index (χ0v) is 15.6. The maximum Gasteiger partial charge on any atom is 0.427 e. The molecule has 0 unspecified atom stereocenters. The van der Waals surface area contributed by atoms with Gasteiger partial charge in [0.15, 0.2) is 11.7 Å². The summed E-state index contributed by atoms with van der Waals surface area (Å²) in [5, 5.41) is 11.6. The van der Waals surface area contributed by atoms with Crippen LogP contribution in [-0.2, 0) is 5.41 Å². The summed E-state index contributed by atoms with van der Waals surface area (Å²) in [6.45, 7) is 6.59. The molecule has 0 fully saturated rings. The lowest BCUT2D eigenvalue weighted by atomic mass is 9.82. The van der Waals surface area contributed by atoms with Gasteiger partial charge in [0.2, 0.25) is 11.1 Å². The number of diazo groups is 1. The van der Waals surface area contributed by atoms with Crippen molar-refractivity contribution in [3.05, 3.63) is 58.6 Å². The summed E-state index contributed by atoms with van der Waals surface area (Å²) in [7, 11) is 1.46. The van der Waals surface area contributed by atoms with Crippen molar-refractivity contribution in [1.82, 2.24) is 5.32 Å². The van der Waals surface area contributed by atoms with Crippen LogP contribution in [0.4, 0.5) is 5.69 Å². The molecule has 0 heterocycles. The zero-order valence-electron chi connectivity index (χ0n) is 15.6. The Morgan fingerprint density at radius 1 is 1.19 bits per heavy atom. The van der Waals surface area contributed by atoms with E-state index >= 15 is 0 Å². The first-order valence-corrected chi connectivity index (χ1v) is 8.46. The summed E-state index contributed by atoms with van der Waals surface area (Å²) >= 11 is 0. The number of hydrogen-bond donors (Lipinski definition) is 1. The van der Waals surface area contributed by atoms with Crippen molar-refractivity contribution in [2.75, 3.05) is 13.8 Å². The Morgan fingerprint density at radius 2 is 1.88 bits per heavy atom. The van der Waals surface area contributed by atoms with Crippen molar-refractivity contribution in [2.24, 2.45) is 0 Å². The van der Waals surface area contributed by atoms with Crippen molar-refractivity contribution in [1.29, 1.82) is 5.39 Å². The molecule has 6 heteroatoms. The predicted octanol–water partition coefficient (Wildman–Crippen LogP) is 4.63. The third-order valence-corrected chi connectivity index (χ3v) is 4.54. The number of amides is 1. The summed E-state index contributed by atoms with van der Waals surface area (Å²) in [4.78, 5) is 15.3. The highest BCUT2D eigenvalue weighted by atomic mass is 16.5. The van der Waals surface area contributed by atoms with Crippen LogP contribution in [0.15, 0.2) is 42.5 Å². The molecule has 0 radical (unpaired) electrons. The van der Waals surface area contributed by atoms with Gasteiger partial charge in [-0.1, -0.05) is 32.9 Å². The summed E-state index contributed by atoms with van der Waals surface area (Å²) in [5.74, 6) is 0.735. The monoisotopic (exact) mass is 354 g/mol. The summed E-state index contributed by atoms with van der Waals surface area (Å²) in [6, 6.07) is 12.5. The average Bonchev–Trinajstić information content (AvgIpc) is 2.67. The van der Waals surface area contributed by atoms with Gasteiger partial charge >= 0.3 is 5.69 Å². The second-order valence-corrected chi connectivity index (χ2v) is 6.54. The predicted molar refractivity (Wildman–Crippen MR) is 100 cm³/mol. The molecule has 0 saturated heterocycles. The van der Waals surface area contributed by atoms with Crippen molar-refractivity contribution in [3.8, 4) is 11.5 Å². The second kappa shape index (κ2) is 8.34. The number of methoxy groups -OCH3 is 1. The van der Waals surface area contributed by atoms with E-state index in [4.69, 9.17) is 14.9 Å². The minimum atomic E-state index is -0.332. The number of carbonyl (C=O) groups is 1. The molecule has 2 rings (SSSR count). The van der Waals surface area contributed by atoms with Crippen molar-refractivity contribution < 1.29 is 14.3 Å². The standard InChI is InChI=1S/C20H23N3O3/c1-5-20(2,3)15-7-9-16(10-8-15)26-13-22-19(24)14-6-11-18(25-4)17(12-14)23-21/h6-12H,5,13H2,1-4H3/p+1. The largest absolute Gasteiger partial charge is 0.489 e. The van der Waals surface area contributed by atoms with Gasteiger partial charge in [-0.15, -0.1) is 0 Å². The molecule has 2 aromatic carbocycles. The van der Waals surface area contributed by atoms with Crippen molar-refractivity contribution >= 4 is 11.6 Å². The van der Waals surface area contributed by atoms with Gasteiger partial charge in [-0.2, -0.15) is 0 Å². The number of rotatable bonds is 7. The number of carbonyl (C=O) groups excluding carboxylic acids is 1. The van der Waals surface area contributed by atoms with E-state index < -0.39 is 0 Å². The lowest BCUT2D eigenvalue weighted by molar-refractivity contribution is 0.0919. The Labute approximate surface area is 153 Å². The Kier molecular flexibility index (Phi) is 6.18. The van der Waals surface area contributed by atoms with Crippen LogP contribution < -0.4 is 14.8 Å². The highest BCUT2D eigenvalue weighted by molar-refractivity contribution is 5.95. The first-order chi connectivity index (χ1) is 12.4. The smallest absolute Gasteiger partial charge is 0.427 e. The summed E-state index contributed by atoms with van der Waals surface area (Å²) < 4.78 is 10.6. The molecule has 6 nitrogen and oxygen atoms in total. The van der Waals surface area contributed by atoms with Gasteiger partial charge in [0.25, 0.3) is 5.91 Å². The van der Waals surface area contributed by atoms with Crippen LogP contribution in [0, 0.1) is 5.39 Å². The Hall–Kier alpha value is -3.07. The molecule has 0 aliphatic heterocycles. The van der Waals surface area contributed by atoms with Crippen LogP contribution in [0.1, 0.15) is 43.1 Å². The summed E-state index contributed by atoms with van der Waals surface area (Å²) in [6.07, 6.45) is 1.05. The molecule has 0 aliphatic carbocycles. The van der Waals surface area contributed by atoms with E-state index in [1.807, 2.05) is 24.3 Å². The topological polar surface area (TPSA) is 75.7 Å². The number of nitrogens with one attached hydrogen (secondary N) is 1. The van der Waals surface area contributed by atoms with Gasteiger partial charge in [-0.3, -0.25) is 4.79 Å². The lowest BCUT2D eigenvalue weighted by Gasteiger charge is -2.23. The zero-order chi connectivity index (χ0) is 19.2. The number of ether oxygens (including phenoxy) is 2. The van der Waals surface area contributed by atoms with Crippen LogP contribution >= 0.6 is 0 Å². The number of benzene rings is 2. The van der Waals surface area contributed by atoms with Crippen LogP contribution in [0.2, 0.25) is 0 Å². The summed E-state index contributed by atoms with van der Waals surface area (Å²) in [5.41, 5.74) is 1.91. The van der Waals surface area contributed by atoms with E-state index in [0.717, 1.165) is 6.42 Å². The SMILES string of the molecule is CCC(C)(C)c1ccc(OCNC(=O)c2ccc(OC)c([N+]#N)c2)cc1. The number of nitrogens with zero attached hydrogens (tertiary/aromatic N) is 2. The molecular formula is C20H24N3O3+. The van der Waals surface area contributed by atoms with Gasteiger partial charge in [0.05, 0.1) is 13.2 Å². The molecule has 0 spiro atoms. The molecule has 26 heavy (non-hydrogen) atoms. The molecule has 2 aromatic rings. The van der Waals surface area contributed by atoms with Gasteiger partial charge in [-0.25, -0.2) is 0 Å². The van der Waals surface area contributed by atoms with E-state index in [2.05, 4.69) is 31.1 Å². The van der Waals surface area contributed by atoms with Gasteiger partial charge < -0.3 is 14.8 Å². The third kappa shape index (κ3) is 4.51. The minimum Gasteiger partial charge on any atom is -0.489 e. The molecule has 1 N–H and O–H groups in total. The van der Waals surface area contributed by atoms with E-state index in [9.17, 15) is 4.79 Å². The van der Waals surface area contributed by atoms with Crippen LogP contribution in [-0.4, -0.2) is 19.7 Å². The maximum atomic E-state index is 12.2. The van der Waals surface area contributed by atoms with Crippen LogP contribution in [0.25, 0.3) is 4.98 Å². The lowest BCUT2D eigenvalue weighted by Crippen LogP contribution is -2.27. The van der Waals surface area contributed by atoms with Gasteiger partial charge in [0, 0.05) is 5.56 Å². The Balaban J connectivity index is 1.93. The van der Waals surface area contributed by atoms with E-state index in [0.29, 0.717) is 17.1 Å². The van der Waals surface area contributed by atoms with Crippen LogP contribution in [0.3, 0.4) is 0 Å². The first kappa shape index (κ1) is 19.3. The normalized spacial score (nSPS) is 10.7. The van der Waals surface area contributed by atoms with Crippen LogP contribution in [0.5, 0.6) is 11.5 Å². The van der Waals surface area contributed by atoms with Gasteiger partial charge in [-0.05, 0) is 41.7 Å². The minimum absolute atomic E-state index is 0.0347. The molecule has 0 aliphatic rings. The third-order valence-electron chi connectivity index (χ3n) is 4.54. The van der Waals surface area contributed by atoms with Crippen molar-refractivity contribution in [3.63, 3.8) is 0 Å². The van der Waals surface area contributed by atoms with E-state index in [1.54, 1.807) is 12.1 Å². The van der Waals surface area contributed by atoms with E-state index in [1.165, 1.54) is 18.7 Å². The molecule has 0 atom stereocenters. The second-order valence-electron chi connectivity index (χ2n) is 6.54. The molecule has 0 aromatic heterocycles. The average molecular weight is 354 g/mol. The molecule has 0 saturated carbocycles. The Bertz CT molecular complexity index is 808. The fraction of sp³-hybridized carbons (Fsp3) is 0.350. The van der Waals surface area contributed by atoms with E-state index in [-0.39, 0.29) is 23.7 Å². The first-order valence-electron chi connectivity index (χ1n) is 8.46. The molecule has 1 amide bonds. The molecule has 0 bridgehead atoms. The number of hydrogen-bond acceptors (Lipinski definition) is 4. The maximum absolute atomic E-state index is 12.2. The van der Waals surface area contributed by atoms with Crippen molar-refractivity contribution in [2.45, 2.75) is 32.6 Å². The quantitative estimate of drug-likeness (QED) is 0.581. The fourth-order valence-corrected chi connectivity index (χ4v) is 2.40. The highest BCUT2D eigenvalue weighted by Crippen LogP contribution is 2.29. The highest BCUT2D eigenvalue weighted by Gasteiger charge is 2.19. The molecular weight excluding hydrogens is 330 g/mol.